The Morgan fingerprint density at radius 3 is 2.37 bits per heavy atom. The highest BCUT2D eigenvalue weighted by Gasteiger charge is 2.24. The van der Waals surface area contributed by atoms with Crippen molar-refractivity contribution in [2.24, 2.45) is 0 Å². The van der Waals surface area contributed by atoms with E-state index in [1.165, 1.54) is 10.6 Å². The largest absolute Gasteiger partial charge is 0.378 e. The van der Waals surface area contributed by atoms with E-state index >= 15 is 0 Å². The number of amides is 1. The number of morpholine rings is 1. The molecule has 0 radical (unpaired) electrons. The molecule has 4 rings (SSSR count). The summed E-state index contributed by atoms with van der Waals surface area (Å²) in [6.45, 7) is 6.67. The fourth-order valence-corrected chi connectivity index (χ4v) is 4.98. The van der Waals surface area contributed by atoms with Crippen LogP contribution in [0, 0.1) is 0 Å². The zero-order valence-corrected chi connectivity index (χ0v) is 18.2. The standard InChI is InChI=1S/C25H28N2O2S/c1-2-26(14-13-20-9-5-3-6-10-20)24(28)23-19-22(21-11-7-4-8-12-21)25(30-23)27-15-17-29-18-16-27/h3-12,19H,2,13-18H2,1H3. The molecule has 2 aromatic carbocycles. The summed E-state index contributed by atoms with van der Waals surface area (Å²) in [7, 11) is 0. The van der Waals surface area contributed by atoms with Gasteiger partial charge in [-0.2, -0.15) is 0 Å². The van der Waals surface area contributed by atoms with Gasteiger partial charge in [-0.25, -0.2) is 0 Å². The number of carbonyl (C=O) groups excluding carboxylic acids is 1. The molecule has 1 fully saturated rings. The summed E-state index contributed by atoms with van der Waals surface area (Å²) in [6, 6.07) is 22.8. The van der Waals surface area contributed by atoms with Crippen molar-refractivity contribution in [3.63, 3.8) is 0 Å². The number of thiophene rings is 1. The summed E-state index contributed by atoms with van der Waals surface area (Å²) in [6.07, 6.45) is 0.869. The van der Waals surface area contributed by atoms with E-state index in [0.717, 1.165) is 55.3 Å². The summed E-state index contributed by atoms with van der Waals surface area (Å²) in [5, 5.41) is 1.17. The van der Waals surface area contributed by atoms with Crippen LogP contribution in [-0.2, 0) is 11.2 Å². The third-order valence-electron chi connectivity index (χ3n) is 5.49. The minimum atomic E-state index is 0.120. The molecule has 0 atom stereocenters. The van der Waals surface area contributed by atoms with E-state index in [9.17, 15) is 4.79 Å². The maximum Gasteiger partial charge on any atom is 0.264 e. The fourth-order valence-electron chi connectivity index (χ4n) is 3.78. The molecule has 2 heterocycles. The molecule has 1 aliphatic heterocycles. The van der Waals surface area contributed by atoms with Gasteiger partial charge in [0.15, 0.2) is 0 Å². The second-order valence-electron chi connectivity index (χ2n) is 7.42. The highest BCUT2D eigenvalue weighted by Crippen LogP contribution is 2.39. The van der Waals surface area contributed by atoms with E-state index in [1.807, 2.05) is 29.2 Å². The second-order valence-corrected chi connectivity index (χ2v) is 8.45. The smallest absolute Gasteiger partial charge is 0.264 e. The van der Waals surface area contributed by atoms with Crippen LogP contribution in [0.15, 0.2) is 66.7 Å². The zero-order valence-electron chi connectivity index (χ0n) is 17.4. The number of ether oxygens (including phenoxy) is 1. The van der Waals surface area contributed by atoms with Gasteiger partial charge in [-0.15, -0.1) is 11.3 Å². The van der Waals surface area contributed by atoms with Crippen molar-refractivity contribution in [2.75, 3.05) is 44.3 Å². The molecule has 3 aromatic rings. The maximum absolute atomic E-state index is 13.4. The molecule has 4 nitrogen and oxygen atoms in total. The van der Waals surface area contributed by atoms with Gasteiger partial charge in [-0.1, -0.05) is 60.7 Å². The Morgan fingerprint density at radius 1 is 1.03 bits per heavy atom. The molecule has 1 aliphatic rings. The van der Waals surface area contributed by atoms with Gasteiger partial charge in [0.25, 0.3) is 5.91 Å². The molecule has 0 bridgehead atoms. The predicted octanol–water partition coefficient (Wildman–Crippen LogP) is 4.96. The van der Waals surface area contributed by atoms with Gasteiger partial charge >= 0.3 is 0 Å². The number of likely N-dealkylation sites (N-methyl/N-ethyl adjacent to an activating group) is 1. The lowest BCUT2D eigenvalue weighted by atomic mass is 10.1. The number of carbonyl (C=O) groups is 1. The van der Waals surface area contributed by atoms with Crippen LogP contribution in [0.1, 0.15) is 22.2 Å². The maximum atomic E-state index is 13.4. The molecule has 0 spiro atoms. The van der Waals surface area contributed by atoms with Crippen LogP contribution in [-0.4, -0.2) is 50.2 Å². The van der Waals surface area contributed by atoms with Gasteiger partial charge in [0, 0.05) is 31.7 Å². The van der Waals surface area contributed by atoms with Crippen LogP contribution in [0.3, 0.4) is 0 Å². The molecule has 1 saturated heterocycles. The number of hydrogen-bond acceptors (Lipinski definition) is 4. The average Bonchev–Trinajstić information content (AvgIpc) is 3.27. The first kappa shape index (κ1) is 20.6. The van der Waals surface area contributed by atoms with Crippen LogP contribution in [0.25, 0.3) is 11.1 Å². The molecule has 0 N–H and O–H groups in total. The molecule has 0 unspecified atom stereocenters. The fraction of sp³-hybridized carbons (Fsp3) is 0.320. The first-order valence-electron chi connectivity index (χ1n) is 10.6. The molecular weight excluding hydrogens is 392 g/mol. The van der Waals surface area contributed by atoms with Gasteiger partial charge in [-0.3, -0.25) is 4.79 Å². The zero-order chi connectivity index (χ0) is 20.8. The molecule has 30 heavy (non-hydrogen) atoms. The van der Waals surface area contributed by atoms with E-state index in [4.69, 9.17) is 4.74 Å². The Kier molecular flexibility index (Phi) is 6.82. The van der Waals surface area contributed by atoms with Crippen LogP contribution in [0.5, 0.6) is 0 Å². The van der Waals surface area contributed by atoms with Crippen molar-refractivity contribution in [3.05, 3.63) is 77.2 Å². The highest BCUT2D eigenvalue weighted by molar-refractivity contribution is 7.18. The van der Waals surface area contributed by atoms with E-state index in [-0.39, 0.29) is 5.91 Å². The third kappa shape index (κ3) is 4.74. The Labute approximate surface area is 182 Å². The number of rotatable bonds is 7. The first-order valence-corrected chi connectivity index (χ1v) is 11.4. The Hall–Kier alpha value is -2.63. The van der Waals surface area contributed by atoms with E-state index in [2.05, 4.69) is 54.3 Å². The van der Waals surface area contributed by atoms with E-state index in [1.54, 1.807) is 11.3 Å². The molecule has 1 amide bonds. The molecule has 156 valence electrons. The Morgan fingerprint density at radius 2 is 1.70 bits per heavy atom. The number of benzene rings is 2. The lowest BCUT2D eigenvalue weighted by molar-refractivity contribution is 0.0771. The van der Waals surface area contributed by atoms with Crippen molar-refractivity contribution >= 4 is 22.2 Å². The predicted molar refractivity (Wildman–Crippen MR) is 125 cm³/mol. The summed E-state index contributed by atoms with van der Waals surface area (Å²) in [4.78, 5) is 18.5. The number of hydrogen-bond donors (Lipinski definition) is 0. The van der Waals surface area contributed by atoms with Crippen molar-refractivity contribution in [3.8, 4) is 11.1 Å². The van der Waals surface area contributed by atoms with Gasteiger partial charge in [-0.05, 0) is 30.5 Å². The summed E-state index contributed by atoms with van der Waals surface area (Å²) in [5.41, 5.74) is 3.56. The minimum Gasteiger partial charge on any atom is -0.378 e. The molecule has 1 aromatic heterocycles. The normalized spacial score (nSPS) is 14.0. The lowest BCUT2D eigenvalue weighted by Gasteiger charge is -2.28. The van der Waals surface area contributed by atoms with Crippen LogP contribution < -0.4 is 4.90 Å². The summed E-state index contributed by atoms with van der Waals surface area (Å²) >= 11 is 1.61. The summed E-state index contributed by atoms with van der Waals surface area (Å²) in [5.74, 6) is 0.120. The summed E-state index contributed by atoms with van der Waals surface area (Å²) < 4.78 is 5.54. The van der Waals surface area contributed by atoms with Crippen LogP contribution in [0.4, 0.5) is 5.00 Å². The molecule has 0 aliphatic carbocycles. The van der Waals surface area contributed by atoms with E-state index < -0.39 is 0 Å². The first-order chi connectivity index (χ1) is 14.8. The Balaban J connectivity index is 1.59. The van der Waals surface area contributed by atoms with E-state index in [0.29, 0.717) is 6.54 Å². The van der Waals surface area contributed by atoms with Crippen LogP contribution in [0.2, 0.25) is 0 Å². The van der Waals surface area contributed by atoms with Crippen LogP contribution >= 0.6 is 11.3 Å². The molecule has 5 heteroatoms. The van der Waals surface area contributed by atoms with Crippen molar-refractivity contribution in [1.82, 2.24) is 4.90 Å². The Bertz CT molecular complexity index is 950. The van der Waals surface area contributed by atoms with Crippen molar-refractivity contribution in [2.45, 2.75) is 13.3 Å². The monoisotopic (exact) mass is 420 g/mol. The van der Waals surface area contributed by atoms with Gasteiger partial charge in [0.1, 0.15) is 0 Å². The average molecular weight is 421 g/mol. The second kappa shape index (κ2) is 9.92. The van der Waals surface area contributed by atoms with Gasteiger partial charge < -0.3 is 14.5 Å². The topological polar surface area (TPSA) is 32.8 Å². The van der Waals surface area contributed by atoms with Crippen molar-refractivity contribution in [1.29, 1.82) is 0 Å². The third-order valence-corrected chi connectivity index (χ3v) is 6.67. The highest BCUT2D eigenvalue weighted by atomic mass is 32.1. The van der Waals surface area contributed by atoms with Crippen molar-refractivity contribution < 1.29 is 9.53 Å². The van der Waals surface area contributed by atoms with Gasteiger partial charge in [0.05, 0.1) is 23.1 Å². The lowest BCUT2D eigenvalue weighted by Crippen LogP contribution is -2.36. The minimum absolute atomic E-state index is 0.120. The SMILES string of the molecule is CCN(CCc1ccccc1)C(=O)c1cc(-c2ccccc2)c(N2CCOCC2)s1. The molecule has 0 saturated carbocycles. The quantitative estimate of drug-likeness (QED) is 0.542. The van der Waals surface area contributed by atoms with Gasteiger partial charge in [0.2, 0.25) is 0 Å². The number of nitrogens with zero attached hydrogens (tertiary/aromatic N) is 2. The number of anilines is 1. The molecular formula is C25H28N2O2S.